The smallest absolute Gasteiger partial charge is 0.192 e. The Labute approximate surface area is 234 Å². The number of aliphatic hydroxyl groups is 1. The van der Waals surface area contributed by atoms with E-state index in [1.807, 2.05) is 32.9 Å². The Kier molecular flexibility index (Phi) is 6.13. The van der Waals surface area contributed by atoms with Crippen molar-refractivity contribution < 1.29 is 29.4 Å². The fraction of sp³-hybridized carbons (Fsp3) is 0.412. The predicted molar refractivity (Wildman–Crippen MR) is 151 cm³/mol. The maximum atomic E-state index is 14.4. The van der Waals surface area contributed by atoms with Crippen LogP contribution in [-0.2, 0) is 20.8 Å². The Morgan fingerprint density at radius 2 is 1.68 bits per heavy atom. The summed E-state index contributed by atoms with van der Waals surface area (Å²) in [5, 5.41) is 23.1. The Morgan fingerprint density at radius 3 is 2.23 bits per heavy atom. The highest BCUT2D eigenvalue weighted by Crippen LogP contribution is 2.64. The highest BCUT2D eigenvalue weighted by Gasteiger charge is 2.73. The zero-order valence-electron chi connectivity index (χ0n) is 23.7. The molecule has 1 fully saturated rings. The molecule has 2 N–H and O–H groups in total. The van der Waals surface area contributed by atoms with E-state index < -0.39 is 51.4 Å². The van der Waals surface area contributed by atoms with E-state index in [9.17, 15) is 29.4 Å². The lowest BCUT2D eigenvalue weighted by Crippen LogP contribution is -2.73. The first kappa shape index (κ1) is 27.7. The number of hydrogen-bond acceptors (Lipinski definition) is 6. The molecule has 6 heteroatoms. The van der Waals surface area contributed by atoms with Crippen LogP contribution < -0.4 is 0 Å². The van der Waals surface area contributed by atoms with Crippen molar-refractivity contribution >= 4 is 23.1 Å². The summed E-state index contributed by atoms with van der Waals surface area (Å²) < 4.78 is 0. The van der Waals surface area contributed by atoms with Gasteiger partial charge < -0.3 is 10.2 Å². The number of benzene rings is 2. The van der Waals surface area contributed by atoms with Gasteiger partial charge in [0, 0.05) is 11.0 Å². The van der Waals surface area contributed by atoms with Crippen LogP contribution in [-0.4, -0.2) is 38.9 Å². The standard InChI is InChI=1S/C34H34O6/c1-8-20-9-11-21(12-10-20)22-13-14-24(36)26-23(22)15-32(6)16-33(7)27(17(2)3)18(4)25(19(5)35)30(38)34(33,40)31(39)28(32)29(26)37/h1,9-14,17,25,28,36,40H,15-16H2,2-7H3/t25?,28?,32-,33-,34+/m0/s1. The van der Waals surface area contributed by atoms with Crippen LogP contribution >= 0.6 is 0 Å². The molecule has 1 saturated carbocycles. The summed E-state index contributed by atoms with van der Waals surface area (Å²) in [6.45, 7) is 10.4. The molecule has 2 unspecified atom stereocenters. The number of aromatic hydroxyl groups is 1. The summed E-state index contributed by atoms with van der Waals surface area (Å²) in [5.74, 6) is -3.25. The minimum Gasteiger partial charge on any atom is -0.507 e. The van der Waals surface area contributed by atoms with Gasteiger partial charge in [0.15, 0.2) is 23.0 Å². The van der Waals surface area contributed by atoms with Crippen molar-refractivity contribution in [2.24, 2.45) is 28.6 Å². The van der Waals surface area contributed by atoms with E-state index in [0.29, 0.717) is 22.3 Å². The van der Waals surface area contributed by atoms with Crippen LogP contribution in [0.25, 0.3) is 11.1 Å². The fourth-order valence-electron chi connectivity index (χ4n) is 8.36. The van der Waals surface area contributed by atoms with Crippen LogP contribution in [0.4, 0.5) is 0 Å². The molecule has 0 saturated heterocycles. The molecule has 0 aromatic heterocycles. The molecule has 2 aromatic carbocycles. The highest BCUT2D eigenvalue weighted by atomic mass is 16.3. The van der Waals surface area contributed by atoms with Crippen LogP contribution in [0, 0.1) is 40.9 Å². The van der Waals surface area contributed by atoms with Gasteiger partial charge in [-0.15, -0.1) is 6.42 Å². The highest BCUT2D eigenvalue weighted by molar-refractivity contribution is 6.27. The van der Waals surface area contributed by atoms with Gasteiger partial charge in [0.05, 0.1) is 11.5 Å². The van der Waals surface area contributed by atoms with E-state index in [4.69, 9.17) is 6.42 Å². The maximum absolute atomic E-state index is 14.4. The van der Waals surface area contributed by atoms with Gasteiger partial charge in [0.25, 0.3) is 0 Å². The third kappa shape index (κ3) is 3.40. The van der Waals surface area contributed by atoms with Crippen molar-refractivity contribution in [3.8, 4) is 29.2 Å². The summed E-state index contributed by atoms with van der Waals surface area (Å²) in [6.07, 6.45) is 5.96. The molecule has 206 valence electrons. The summed E-state index contributed by atoms with van der Waals surface area (Å²) in [7, 11) is 0. The maximum Gasteiger partial charge on any atom is 0.192 e. The van der Waals surface area contributed by atoms with Crippen molar-refractivity contribution in [3.05, 3.63) is 64.2 Å². The van der Waals surface area contributed by atoms with Crippen LogP contribution in [0.15, 0.2) is 47.5 Å². The summed E-state index contributed by atoms with van der Waals surface area (Å²) in [5.41, 5.74) is -0.630. The number of phenolic OH excluding ortho intramolecular Hbond substituents is 1. The van der Waals surface area contributed by atoms with Gasteiger partial charge in [-0.1, -0.05) is 63.0 Å². The second-order valence-corrected chi connectivity index (χ2v) is 12.6. The Hall–Kier alpha value is -3.82. The first-order valence-corrected chi connectivity index (χ1v) is 13.6. The number of hydrogen-bond donors (Lipinski definition) is 2. The summed E-state index contributed by atoms with van der Waals surface area (Å²) in [6, 6.07) is 10.5. The summed E-state index contributed by atoms with van der Waals surface area (Å²) in [4.78, 5) is 55.2. The van der Waals surface area contributed by atoms with Crippen LogP contribution in [0.2, 0.25) is 0 Å². The largest absolute Gasteiger partial charge is 0.507 e. The molecule has 3 aliphatic rings. The van der Waals surface area contributed by atoms with Crippen LogP contribution in [0.5, 0.6) is 5.75 Å². The van der Waals surface area contributed by atoms with Crippen LogP contribution in [0.1, 0.15) is 69.4 Å². The van der Waals surface area contributed by atoms with Gasteiger partial charge in [-0.2, -0.15) is 0 Å². The zero-order valence-corrected chi connectivity index (χ0v) is 23.7. The number of allylic oxidation sites excluding steroid dienone is 1. The van der Waals surface area contributed by atoms with E-state index in [1.165, 1.54) is 13.0 Å². The SMILES string of the molecule is C#Cc1ccc(-c2ccc(O)c3c2C[C@@]2(C)C[C@@]4(C)C(C(C)C)=C(C)C(C(C)=O)C(=O)[C@@]4(O)C(=O)C2C3=O)cc1. The van der Waals surface area contributed by atoms with Gasteiger partial charge in [0.2, 0.25) is 0 Å². The quantitative estimate of drug-likeness (QED) is 0.328. The van der Waals surface area contributed by atoms with Crippen molar-refractivity contribution in [2.45, 2.75) is 60.0 Å². The van der Waals surface area contributed by atoms with Gasteiger partial charge in [-0.05, 0) is 72.9 Å². The molecular weight excluding hydrogens is 504 g/mol. The first-order valence-electron chi connectivity index (χ1n) is 13.6. The fourth-order valence-corrected chi connectivity index (χ4v) is 8.36. The van der Waals surface area contributed by atoms with E-state index in [0.717, 1.165) is 11.1 Å². The zero-order chi connectivity index (χ0) is 29.5. The van der Waals surface area contributed by atoms with Crippen LogP contribution in [0.3, 0.4) is 0 Å². The monoisotopic (exact) mass is 538 g/mol. The molecule has 0 spiro atoms. The third-order valence-corrected chi connectivity index (χ3v) is 9.67. The molecule has 2 aromatic rings. The number of Topliss-reactive ketones (excluding diaryl/α,β-unsaturated/α-hetero) is 4. The Balaban J connectivity index is 1.75. The number of carbonyl (C=O) groups is 4. The van der Waals surface area contributed by atoms with Gasteiger partial charge in [0.1, 0.15) is 17.5 Å². The molecule has 5 atom stereocenters. The Bertz CT molecular complexity index is 1590. The topological polar surface area (TPSA) is 109 Å². The van der Waals surface area contributed by atoms with Crippen molar-refractivity contribution in [2.75, 3.05) is 0 Å². The molecule has 0 heterocycles. The second-order valence-electron chi connectivity index (χ2n) is 12.6. The van der Waals surface area contributed by atoms with Gasteiger partial charge in [-0.25, -0.2) is 0 Å². The van der Waals surface area contributed by atoms with E-state index in [1.54, 1.807) is 32.0 Å². The number of phenols is 1. The third-order valence-electron chi connectivity index (χ3n) is 9.67. The molecule has 6 nitrogen and oxygen atoms in total. The molecular formula is C34H34O6. The average molecular weight is 539 g/mol. The molecule has 0 radical (unpaired) electrons. The number of ketones is 4. The average Bonchev–Trinajstić information content (AvgIpc) is 2.86. The van der Waals surface area contributed by atoms with Crippen molar-refractivity contribution in [3.63, 3.8) is 0 Å². The molecule has 3 aliphatic carbocycles. The number of carbonyl (C=O) groups excluding carboxylic acids is 4. The lowest BCUT2D eigenvalue weighted by Gasteiger charge is -2.60. The molecule has 0 bridgehead atoms. The predicted octanol–water partition coefficient (Wildman–Crippen LogP) is 4.87. The lowest BCUT2D eigenvalue weighted by molar-refractivity contribution is -0.183. The molecule has 0 aliphatic heterocycles. The molecule has 40 heavy (non-hydrogen) atoms. The van der Waals surface area contributed by atoms with E-state index in [-0.39, 0.29) is 30.1 Å². The number of terminal acetylenes is 1. The second kappa shape index (κ2) is 8.84. The number of rotatable bonds is 3. The van der Waals surface area contributed by atoms with Gasteiger partial charge >= 0.3 is 0 Å². The van der Waals surface area contributed by atoms with Crippen molar-refractivity contribution in [1.29, 1.82) is 0 Å². The molecule has 5 rings (SSSR count). The lowest BCUT2D eigenvalue weighted by atomic mass is 9.41. The minimum atomic E-state index is -2.54. The van der Waals surface area contributed by atoms with Gasteiger partial charge in [-0.3, -0.25) is 19.2 Å². The Morgan fingerprint density at radius 1 is 1.05 bits per heavy atom. The minimum absolute atomic E-state index is 0.0312. The first-order chi connectivity index (χ1) is 18.6. The number of fused-ring (bicyclic) bond motifs is 3. The normalized spacial score (nSPS) is 31.4. The molecule has 0 amide bonds. The van der Waals surface area contributed by atoms with E-state index >= 15 is 0 Å². The van der Waals surface area contributed by atoms with E-state index in [2.05, 4.69) is 5.92 Å². The van der Waals surface area contributed by atoms with Crippen molar-refractivity contribution in [1.82, 2.24) is 0 Å². The summed E-state index contributed by atoms with van der Waals surface area (Å²) >= 11 is 0.